The van der Waals surface area contributed by atoms with Crippen LogP contribution in [0, 0.1) is 23.5 Å². The normalized spacial score (nSPS) is 25.4. The number of carbonyl (C=O) groups is 2. The third kappa shape index (κ3) is 3.13. The van der Waals surface area contributed by atoms with Gasteiger partial charge in [-0.15, -0.1) is 0 Å². The molecule has 130 valence electrons. The second-order valence-electron chi connectivity index (χ2n) is 6.57. The molecular weight excluding hydrogens is 318 g/mol. The molecule has 1 N–H and O–H groups in total. The average molecular weight is 338 g/mol. The summed E-state index contributed by atoms with van der Waals surface area (Å²) in [6.45, 7) is 2.84. The summed E-state index contributed by atoms with van der Waals surface area (Å²) in [4.78, 5) is 27.6. The number of hydrogen-bond acceptors (Lipinski definition) is 3. The summed E-state index contributed by atoms with van der Waals surface area (Å²) in [5, 5.41) is 9.63. The Morgan fingerprint density at radius 3 is 2.71 bits per heavy atom. The first-order valence-electron chi connectivity index (χ1n) is 8.09. The fourth-order valence-electron chi connectivity index (χ4n) is 3.45. The van der Waals surface area contributed by atoms with Crippen molar-refractivity contribution in [3.05, 3.63) is 29.8 Å². The van der Waals surface area contributed by atoms with Gasteiger partial charge in [-0.05, 0) is 25.5 Å². The van der Waals surface area contributed by atoms with Crippen LogP contribution in [0.1, 0.15) is 19.8 Å². The van der Waals surface area contributed by atoms with Crippen LogP contribution in [0.4, 0.5) is 14.5 Å². The number of hydrogen-bond donors (Lipinski definition) is 1. The van der Waals surface area contributed by atoms with Crippen LogP contribution >= 0.6 is 0 Å². The number of benzene rings is 1. The maximum atomic E-state index is 13.9. The van der Waals surface area contributed by atoms with E-state index in [1.54, 1.807) is 11.8 Å². The van der Waals surface area contributed by atoms with E-state index in [0.29, 0.717) is 13.1 Å². The number of anilines is 1. The Balaban J connectivity index is 1.69. The summed E-state index contributed by atoms with van der Waals surface area (Å²) >= 11 is 0. The number of halogens is 2. The van der Waals surface area contributed by atoms with Gasteiger partial charge in [-0.3, -0.25) is 9.59 Å². The summed E-state index contributed by atoms with van der Waals surface area (Å²) in [6.07, 6.45) is 0.282. The van der Waals surface area contributed by atoms with Gasteiger partial charge in [0, 0.05) is 38.0 Å². The predicted molar refractivity (Wildman–Crippen MR) is 83.2 cm³/mol. The smallest absolute Gasteiger partial charge is 0.228 e. The van der Waals surface area contributed by atoms with Crippen molar-refractivity contribution in [2.75, 3.05) is 24.5 Å². The zero-order chi connectivity index (χ0) is 17.4. The van der Waals surface area contributed by atoms with Gasteiger partial charge in [0.05, 0.1) is 17.7 Å². The van der Waals surface area contributed by atoms with Crippen molar-refractivity contribution in [3.63, 3.8) is 0 Å². The van der Waals surface area contributed by atoms with Gasteiger partial charge in [-0.1, -0.05) is 0 Å². The fourth-order valence-corrected chi connectivity index (χ4v) is 3.45. The summed E-state index contributed by atoms with van der Waals surface area (Å²) < 4.78 is 26.9. The molecule has 2 aliphatic rings. The molecule has 0 radical (unpaired) electrons. The Bertz CT molecular complexity index is 665. The molecule has 7 heteroatoms. The Morgan fingerprint density at radius 2 is 2.08 bits per heavy atom. The van der Waals surface area contributed by atoms with Gasteiger partial charge in [0.25, 0.3) is 0 Å². The van der Waals surface area contributed by atoms with Gasteiger partial charge in [-0.2, -0.15) is 0 Å². The summed E-state index contributed by atoms with van der Waals surface area (Å²) in [5.41, 5.74) is -0.0000196. The lowest BCUT2D eigenvalue weighted by atomic mass is 10.0. The molecule has 3 rings (SSSR count). The fraction of sp³-hybridized carbons (Fsp3) is 0.529. The largest absolute Gasteiger partial charge is 0.393 e. The first-order valence-corrected chi connectivity index (χ1v) is 8.09. The van der Waals surface area contributed by atoms with Crippen LogP contribution in [0.2, 0.25) is 0 Å². The number of rotatable bonds is 3. The number of carbonyl (C=O) groups excluding carboxylic acids is 2. The van der Waals surface area contributed by atoms with Crippen LogP contribution in [0.3, 0.4) is 0 Å². The van der Waals surface area contributed by atoms with Gasteiger partial charge in [0.1, 0.15) is 11.6 Å². The molecule has 0 spiro atoms. The molecule has 2 heterocycles. The molecule has 2 amide bonds. The van der Waals surface area contributed by atoms with Gasteiger partial charge < -0.3 is 14.9 Å². The molecule has 1 aromatic rings. The van der Waals surface area contributed by atoms with Gasteiger partial charge in [-0.25, -0.2) is 8.78 Å². The lowest BCUT2D eigenvalue weighted by molar-refractivity contribution is -0.135. The number of aliphatic hydroxyl groups is 1. The van der Waals surface area contributed by atoms with E-state index in [2.05, 4.69) is 0 Å². The van der Waals surface area contributed by atoms with E-state index < -0.39 is 23.7 Å². The van der Waals surface area contributed by atoms with E-state index in [4.69, 9.17) is 0 Å². The van der Waals surface area contributed by atoms with E-state index in [-0.39, 0.29) is 36.4 Å². The molecule has 0 bridgehead atoms. The van der Waals surface area contributed by atoms with Gasteiger partial charge in [0.2, 0.25) is 11.8 Å². The lowest BCUT2D eigenvalue weighted by Crippen LogP contribution is -2.36. The van der Waals surface area contributed by atoms with Gasteiger partial charge in [0.15, 0.2) is 0 Å². The minimum Gasteiger partial charge on any atom is -0.393 e. The van der Waals surface area contributed by atoms with Crippen LogP contribution in [-0.4, -0.2) is 47.6 Å². The number of nitrogens with zero attached hydrogens (tertiary/aromatic N) is 2. The van der Waals surface area contributed by atoms with Crippen LogP contribution in [0.25, 0.3) is 0 Å². The maximum absolute atomic E-state index is 13.9. The molecule has 0 aliphatic carbocycles. The van der Waals surface area contributed by atoms with Crippen molar-refractivity contribution in [3.8, 4) is 0 Å². The van der Waals surface area contributed by atoms with E-state index >= 15 is 0 Å². The first kappa shape index (κ1) is 16.8. The van der Waals surface area contributed by atoms with E-state index in [1.807, 2.05) is 0 Å². The van der Waals surface area contributed by atoms with Crippen molar-refractivity contribution in [2.45, 2.75) is 25.9 Å². The second kappa shape index (κ2) is 6.47. The van der Waals surface area contributed by atoms with Crippen LogP contribution in [0.15, 0.2) is 18.2 Å². The Hall–Kier alpha value is -2.02. The summed E-state index contributed by atoms with van der Waals surface area (Å²) in [5.74, 6) is -2.49. The SMILES string of the molecule is CC(O)C1CCN(C(=O)C2CC(=O)N(c3ccc(F)cc3F)C2)C1. The predicted octanol–water partition coefficient (Wildman–Crippen LogP) is 1.55. The first-order chi connectivity index (χ1) is 11.4. The van der Waals surface area contributed by atoms with Crippen LogP contribution < -0.4 is 4.90 Å². The van der Waals surface area contributed by atoms with Crippen molar-refractivity contribution >= 4 is 17.5 Å². The van der Waals surface area contributed by atoms with E-state index in [1.165, 1.54) is 11.0 Å². The Morgan fingerprint density at radius 1 is 1.33 bits per heavy atom. The summed E-state index contributed by atoms with van der Waals surface area (Å²) in [7, 11) is 0. The molecule has 24 heavy (non-hydrogen) atoms. The highest BCUT2D eigenvalue weighted by Crippen LogP contribution is 2.30. The molecular formula is C17H20F2N2O3. The number of amides is 2. The molecule has 3 unspecified atom stereocenters. The monoisotopic (exact) mass is 338 g/mol. The average Bonchev–Trinajstić information content (AvgIpc) is 3.14. The Labute approximate surface area is 138 Å². The quantitative estimate of drug-likeness (QED) is 0.910. The number of aliphatic hydroxyl groups excluding tert-OH is 1. The van der Waals surface area contributed by atoms with E-state index in [9.17, 15) is 23.5 Å². The second-order valence-corrected chi connectivity index (χ2v) is 6.57. The molecule has 0 aromatic heterocycles. The van der Waals surface area contributed by atoms with Crippen LogP contribution in [-0.2, 0) is 9.59 Å². The van der Waals surface area contributed by atoms with Crippen molar-refractivity contribution < 1.29 is 23.5 Å². The molecule has 2 aliphatic heterocycles. The zero-order valence-corrected chi connectivity index (χ0v) is 13.4. The molecule has 2 saturated heterocycles. The molecule has 0 saturated carbocycles. The van der Waals surface area contributed by atoms with Gasteiger partial charge >= 0.3 is 0 Å². The maximum Gasteiger partial charge on any atom is 0.228 e. The standard InChI is InChI=1S/C17H20F2N2O3/c1-10(22)11-4-5-20(8-11)17(24)12-6-16(23)21(9-12)15-3-2-13(18)7-14(15)19/h2-3,7,10-12,22H,4-6,8-9H2,1H3. The summed E-state index contributed by atoms with van der Waals surface area (Å²) in [6, 6.07) is 3.04. The molecule has 5 nitrogen and oxygen atoms in total. The minimum atomic E-state index is -0.813. The third-order valence-corrected chi connectivity index (χ3v) is 4.89. The molecule has 1 aromatic carbocycles. The highest BCUT2D eigenvalue weighted by molar-refractivity contribution is 6.00. The van der Waals surface area contributed by atoms with Crippen LogP contribution in [0.5, 0.6) is 0 Å². The Kier molecular flexibility index (Phi) is 4.54. The topological polar surface area (TPSA) is 60.9 Å². The van der Waals surface area contributed by atoms with Crippen molar-refractivity contribution in [2.24, 2.45) is 11.8 Å². The lowest BCUT2D eigenvalue weighted by Gasteiger charge is -2.22. The van der Waals surface area contributed by atoms with E-state index in [0.717, 1.165) is 18.6 Å². The number of likely N-dealkylation sites (tertiary alicyclic amines) is 1. The van der Waals surface area contributed by atoms with Crippen molar-refractivity contribution in [1.29, 1.82) is 0 Å². The zero-order valence-electron chi connectivity index (χ0n) is 13.4. The molecule has 3 atom stereocenters. The highest BCUT2D eigenvalue weighted by Gasteiger charge is 2.40. The molecule has 2 fully saturated rings. The highest BCUT2D eigenvalue weighted by atomic mass is 19.1. The minimum absolute atomic E-state index is 0.0000196. The van der Waals surface area contributed by atoms with Crippen molar-refractivity contribution in [1.82, 2.24) is 4.90 Å². The third-order valence-electron chi connectivity index (χ3n) is 4.89.